The van der Waals surface area contributed by atoms with Crippen molar-refractivity contribution < 1.29 is 0 Å². The van der Waals surface area contributed by atoms with Gasteiger partial charge < -0.3 is 0 Å². The van der Waals surface area contributed by atoms with E-state index in [9.17, 15) is 0 Å². The van der Waals surface area contributed by atoms with Crippen molar-refractivity contribution >= 4 is 0 Å². The monoisotopic (exact) mass is 397 g/mol. The van der Waals surface area contributed by atoms with E-state index >= 15 is 0 Å². The molecule has 1 heteroatoms. The van der Waals surface area contributed by atoms with Crippen LogP contribution in [0.25, 0.3) is 0 Å². The van der Waals surface area contributed by atoms with E-state index in [4.69, 9.17) is 5.26 Å². The summed E-state index contributed by atoms with van der Waals surface area (Å²) in [7, 11) is 0. The maximum Gasteiger partial charge on any atom is 0.0912 e. The summed E-state index contributed by atoms with van der Waals surface area (Å²) in [4.78, 5) is 0. The van der Waals surface area contributed by atoms with Gasteiger partial charge in [-0.2, -0.15) is 5.26 Å². The minimum Gasteiger partial charge on any atom is -0.193 e. The Hall–Kier alpha value is -1.03. The van der Waals surface area contributed by atoms with Gasteiger partial charge in [-0.05, 0) is 36.5 Å². The average molecular weight is 398 g/mol. The molecule has 0 unspecified atom stereocenters. The largest absolute Gasteiger partial charge is 0.193 e. The summed E-state index contributed by atoms with van der Waals surface area (Å²) in [6, 6.07) is 2.03. The van der Waals surface area contributed by atoms with Gasteiger partial charge in [-0.25, -0.2) is 0 Å². The molecule has 0 aromatic heterocycles. The molecule has 0 saturated heterocycles. The molecule has 0 aromatic carbocycles. The number of unbranched alkanes of at least 4 members (excludes halogenated alkanes) is 3. The Morgan fingerprint density at radius 1 is 0.655 bits per heavy atom. The van der Waals surface area contributed by atoms with Crippen molar-refractivity contribution in [1.29, 1.82) is 5.26 Å². The van der Waals surface area contributed by atoms with Crippen molar-refractivity contribution in [3.63, 3.8) is 0 Å². The number of nitrogens with zero attached hydrogens (tertiary/aromatic N) is 1. The highest BCUT2D eigenvalue weighted by Gasteiger charge is 2.22. The fourth-order valence-corrected chi connectivity index (χ4v) is 5.77. The standard InChI is InChI=1S/C28H47N/c1-2-3-7-12-25-16-20-27(21-17-25)14-9-10-15-28-22-18-26(19-23-28)13-8-5-4-6-11-24-29/h4-6,11,25-28H,2-3,7-10,12-23H2,1H3/t25-,26-,27-,28-. The lowest BCUT2D eigenvalue weighted by Gasteiger charge is -2.30. The molecule has 0 radical (unpaired) electrons. The third kappa shape index (κ3) is 11.1. The van der Waals surface area contributed by atoms with Crippen LogP contribution < -0.4 is 0 Å². The third-order valence-corrected chi connectivity index (χ3v) is 7.78. The highest BCUT2D eigenvalue weighted by molar-refractivity contribution is 5.11. The summed E-state index contributed by atoms with van der Waals surface area (Å²) >= 11 is 0. The fourth-order valence-electron chi connectivity index (χ4n) is 5.77. The molecular formula is C28H47N. The second-order valence-corrected chi connectivity index (χ2v) is 10.0. The van der Waals surface area contributed by atoms with Crippen LogP contribution in [0.4, 0.5) is 0 Å². The van der Waals surface area contributed by atoms with Gasteiger partial charge in [0.2, 0.25) is 0 Å². The van der Waals surface area contributed by atoms with E-state index in [0.29, 0.717) is 0 Å². The minimum absolute atomic E-state index is 0.948. The first-order valence-electron chi connectivity index (χ1n) is 13.0. The molecule has 0 aromatic rings. The molecule has 2 aliphatic carbocycles. The number of rotatable bonds is 13. The molecule has 0 heterocycles. The molecule has 0 atom stereocenters. The van der Waals surface area contributed by atoms with E-state index in [2.05, 4.69) is 13.0 Å². The lowest BCUT2D eigenvalue weighted by molar-refractivity contribution is 0.232. The predicted molar refractivity (Wildman–Crippen MR) is 127 cm³/mol. The smallest absolute Gasteiger partial charge is 0.0912 e. The van der Waals surface area contributed by atoms with Gasteiger partial charge in [-0.1, -0.05) is 128 Å². The van der Waals surface area contributed by atoms with Crippen LogP contribution in [0.15, 0.2) is 24.3 Å². The molecule has 164 valence electrons. The predicted octanol–water partition coefficient (Wildman–Crippen LogP) is 9.16. The summed E-state index contributed by atoms with van der Waals surface area (Å²) in [5.74, 6) is 4.10. The van der Waals surface area contributed by atoms with Crippen LogP contribution in [0.5, 0.6) is 0 Å². The van der Waals surface area contributed by atoms with Crippen molar-refractivity contribution in [3.05, 3.63) is 24.3 Å². The summed E-state index contributed by atoms with van der Waals surface area (Å²) < 4.78 is 0. The number of hydrogen-bond donors (Lipinski definition) is 0. The zero-order chi connectivity index (χ0) is 20.6. The van der Waals surface area contributed by atoms with Crippen molar-refractivity contribution in [1.82, 2.24) is 0 Å². The zero-order valence-electron chi connectivity index (χ0n) is 19.3. The van der Waals surface area contributed by atoms with E-state index < -0.39 is 0 Å². The van der Waals surface area contributed by atoms with Crippen LogP contribution in [-0.4, -0.2) is 0 Å². The molecule has 0 aliphatic heterocycles. The van der Waals surface area contributed by atoms with E-state index in [1.165, 1.54) is 116 Å². The lowest BCUT2D eigenvalue weighted by atomic mass is 9.76. The summed E-state index contributed by atoms with van der Waals surface area (Å²) in [6.07, 6.45) is 33.9. The van der Waals surface area contributed by atoms with E-state index in [1.54, 1.807) is 6.08 Å². The van der Waals surface area contributed by atoms with Gasteiger partial charge in [0.15, 0.2) is 0 Å². The minimum atomic E-state index is 0.948. The maximum atomic E-state index is 8.47. The lowest BCUT2D eigenvalue weighted by Crippen LogP contribution is -2.15. The van der Waals surface area contributed by atoms with Gasteiger partial charge >= 0.3 is 0 Å². The van der Waals surface area contributed by atoms with Gasteiger partial charge in [0.05, 0.1) is 6.07 Å². The highest BCUT2D eigenvalue weighted by atomic mass is 14.3. The highest BCUT2D eigenvalue weighted by Crippen LogP contribution is 2.36. The first kappa shape index (κ1) is 24.2. The second-order valence-electron chi connectivity index (χ2n) is 10.0. The fraction of sp³-hybridized carbons (Fsp3) is 0.821. The normalized spacial score (nSPS) is 28.1. The number of hydrogen-bond acceptors (Lipinski definition) is 1. The Balaban J connectivity index is 1.44. The third-order valence-electron chi connectivity index (χ3n) is 7.78. The Morgan fingerprint density at radius 2 is 1.10 bits per heavy atom. The Morgan fingerprint density at radius 3 is 1.55 bits per heavy atom. The molecule has 0 N–H and O–H groups in total. The van der Waals surface area contributed by atoms with Crippen LogP contribution in [0.1, 0.15) is 122 Å². The van der Waals surface area contributed by atoms with Crippen LogP contribution in [0.2, 0.25) is 0 Å². The summed E-state index contributed by atoms with van der Waals surface area (Å²) in [5.41, 5.74) is 0. The van der Waals surface area contributed by atoms with Crippen LogP contribution in [0, 0.1) is 35.0 Å². The van der Waals surface area contributed by atoms with Crippen LogP contribution in [-0.2, 0) is 0 Å². The Kier molecular flexibility index (Phi) is 13.2. The van der Waals surface area contributed by atoms with Gasteiger partial charge in [-0.15, -0.1) is 0 Å². The zero-order valence-corrected chi connectivity index (χ0v) is 19.3. The SMILES string of the molecule is CCCCC[C@H]1CC[C@H](CCCC[C@H]2CC[C@H](CCC=CC=CC#N)CC2)CC1. The Bertz CT molecular complexity index is 481. The molecular weight excluding hydrogens is 350 g/mol. The molecule has 2 fully saturated rings. The maximum absolute atomic E-state index is 8.47. The summed E-state index contributed by atoms with van der Waals surface area (Å²) in [6.45, 7) is 2.32. The quantitative estimate of drug-likeness (QED) is 0.173. The van der Waals surface area contributed by atoms with Crippen molar-refractivity contribution in [2.24, 2.45) is 23.7 Å². The first-order valence-corrected chi connectivity index (χ1v) is 13.0. The average Bonchev–Trinajstić information content (AvgIpc) is 2.76. The Labute approximate surface area is 182 Å². The van der Waals surface area contributed by atoms with Crippen LogP contribution in [0.3, 0.4) is 0 Å². The second kappa shape index (κ2) is 15.8. The molecule has 2 saturated carbocycles. The van der Waals surface area contributed by atoms with Crippen molar-refractivity contribution in [3.8, 4) is 6.07 Å². The van der Waals surface area contributed by atoms with E-state index in [1.807, 2.05) is 18.2 Å². The molecule has 0 spiro atoms. The molecule has 0 bridgehead atoms. The molecule has 29 heavy (non-hydrogen) atoms. The summed E-state index contributed by atoms with van der Waals surface area (Å²) in [5, 5.41) is 8.47. The van der Waals surface area contributed by atoms with E-state index in [-0.39, 0.29) is 0 Å². The molecule has 0 amide bonds. The topological polar surface area (TPSA) is 23.8 Å². The number of allylic oxidation sites excluding steroid dienone is 4. The van der Waals surface area contributed by atoms with E-state index in [0.717, 1.165) is 23.7 Å². The van der Waals surface area contributed by atoms with Gasteiger partial charge in [0.25, 0.3) is 0 Å². The van der Waals surface area contributed by atoms with Crippen molar-refractivity contribution in [2.75, 3.05) is 0 Å². The molecule has 2 rings (SSSR count). The van der Waals surface area contributed by atoms with Crippen molar-refractivity contribution in [2.45, 2.75) is 122 Å². The van der Waals surface area contributed by atoms with Crippen LogP contribution >= 0.6 is 0 Å². The first-order chi connectivity index (χ1) is 14.3. The van der Waals surface area contributed by atoms with Gasteiger partial charge in [0, 0.05) is 6.08 Å². The molecule has 1 nitrogen and oxygen atoms in total. The number of nitriles is 1. The van der Waals surface area contributed by atoms with Gasteiger partial charge in [-0.3, -0.25) is 0 Å². The van der Waals surface area contributed by atoms with Gasteiger partial charge in [0.1, 0.15) is 0 Å². The molecule has 2 aliphatic rings.